The molecule has 1 aliphatic heterocycles. The Labute approximate surface area is 116 Å². The van der Waals surface area contributed by atoms with Gasteiger partial charge in [-0.3, -0.25) is 4.98 Å². The van der Waals surface area contributed by atoms with Crippen molar-refractivity contribution in [2.45, 2.75) is 18.9 Å². The number of aromatic nitrogens is 1. The summed E-state index contributed by atoms with van der Waals surface area (Å²) >= 11 is 0. The standard InChI is InChI=1S/C13H17N3O4/c17-12(18)9-20-11-3-6-16(7-4-11)13(19)15-10-2-1-5-14-8-10/h1-2,5,8,11H,3-4,6-7,9H2,(H,15,19)(H,17,18). The van der Waals surface area contributed by atoms with Gasteiger partial charge in [0, 0.05) is 19.3 Å². The van der Waals surface area contributed by atoms with Crippen LogP contribution in [0, 0.1) is 0 Å². The summed E-state index contributed by atoms with van der Waals surface area (Å²) < 4.78 is 5.22. The number of carboxylic acid groups (broad SMARTS) is 1. The fourth-order valence-corrected chi connectivity index (χ4v) is 2.05. The molecule has 1 aromatic heterocycles. The van der Waals surface area contributed by atoms with Gasteiger partial charge in [0.25, 0.3) is 0 Å². The summed E-state index contributed by atoms with van der Waals surface area (Å²) in [7, 11) is 0. The Morgan fingerprint density at radius 1 is 1.45 bits per heavy atom. The van der Waals surface area contributed by atoms with Crippen molar-refractivity contribution < 1.29 is 19.4 Å². The molecule has 1 saturated heterocycles. The molecule has 0 spiro atoms. The third-order valence-electron chi connectivity index (χ3n) is 3.08. The van der Waals surface area contributed by atoms with Crippen LogP contribution in [-0.2, 0) is 9.53 Å². The van der Waals surface area contributed by atoms with Gasteiger partial charge >= 0.3 is 12.0 Å². The summed E-state index contributed by atoms with van der Waals surface area (Å²) in [6, 6.07) is 3.35. The number of ether oxygens (including phenoxy) is 1. The number of nitrogens with zero attached hydrogens (tertiary/aromatic N) is 2. The summed E-state index contributed by atoms with van der Waals surface area (Å²) in [5.41, 5.74) is 0.654. The van der Waals surface area contributed by atoms with E-state index in [1.54, 1.807) is 29.4 Å². The zero-order valence-electron chi connectivity index (χ0n) is 11.0. The maximum Gasteiger partial charge on any atom is 0.329 e. The van der Waals surface area contributed by atoms with Gasteiger partial charge < -0.3 is 20.1 Å². The lowest BCUT2D eigenvalue weighted by Crippen LogP contribution is -2.43. The average Bonchev–Trinajstić information content (AvgIpc) is 2.46. The molecule has 7 nitrogen and oxygen atoms in total. The van der Waals surface area contributed by atoms with Crippen LogP contribution in [0.2, 0.25) is 0 Å². The molecule has 7 heteroatoms. The minimum absolute atomic E-state index is 0.0893. The largest absolute Gasteiger partial charge is 0.480 e. The van der Waals surface area contributed by atoms with E-state index in [9.17, 15) is 9.59 Å². The summed E-state index contributed by atoms with van der Waals surface area (Å²) in [4.78, 5) is 28.0. The Morgan fingerprint density at radius 3 is 2.80 bits per heavy atom. The second kappa shape index (κ2) is 6.85. The Bertz CT molecular complexity index is 458. The molecule has 0 unspecified atom stereocenters. The molecular formula is C13H17N3O4. The van der Waals surface area contributed by atoms with Crippen molar-refractivity contribution in [2.24, 2.45) is 0 Å². The van der Waals surface area contributed by atoms with E-state index in [1.807, 2.05) is 0 Å². The molecular weight excluding hydrogens is 262 g/mol. The third-order valence-corrected chi connectivity index (χ3v) is 3.08. The van der Waals surface area contributed by atoms with E-state index in [2.05, 4.69) is 10.3 Å². The van der Waals surface area contributed by atoms with Crippen molar-refractivity contribution in [1.29, 1.82) is 0 Å². The summed E-state index contributed by atoms with van der Waals surface area (Å²) in [6.45, 7) is 0.819. The highest BCUT2D eigenvalue weighted by atomic mass is 16.5. The van der Waals surface area contributed by atoms with E-state index in [1.165, 1.54) is 0 Å². The minimum atomic E-state index is -0.971. The van der Waals surface area contributed by atoms with E-state index in [4.69, 9.17) is 9.84 Å². The number of hydrogen-bond donors (Lipinski definition) is 2. The lowest BCUT2D eigenvalue weighted by atomic mass is 10.1. The molecule has 108 valence electrons. The molecule has 1 fully saturated rings. The molecule has 2 N–H and O–H groups in total. The molecule has 0 saturated carbocycles. The smallest absolute Gasteiger partial charge is 0.329 e. The second-order valence-electron chi connectivity index (χ2n) is 4.56. The van der Waals surface area contributed by atoms with Crippen LogP contribution in [0.25, 0.3) is 0 Å². The lowest BCUT2D eigenvalue weighted by Gasteiger charge is -2.31. The van der Waals surface area contributed by atoms with E-state index < -0.39 is 5.97 Å². The van der Waals surface area contributed by atoms with Crippen LogP contribution in [0.3, 0.4) is 0 Å². The predicted octanol–water partition coefficient (Wildman–Crippen LogP) is 1.18. The van der Waals surface area contributed by atoms with Crippen molar-refractivity contribution in [3.8, 4) is 0 Å². The van der Waals surface area contributed by atoms with Gasteiger partial charge in [-0.15, -0.1) is 0 Å². The number of aliphatic carboxylic acids is 1. The Morgan fingerprint density at radius 2 is 2.20 bits per heavy atom. The monoisotopic (exact) mass is 279 g/mol. The van der Waals surface area contributed by atoms with Crippen molar-refractivity contribution in [2.75, 3.05) is 25.0 Å². The van der Waals surface area contributed by atoms with Crippen molar-refractivity contribution >= 4 is 17.7 Å². The van der Waals surface area contributed by atoms with Gasteiger partial charge in [0.1, 0.15) is 6.61 Å². The highest BCUT2D eigenvalue weighted by Gasteiger charge is 2.23. The van der Waals surface area contributed by atoms with Crippen LogP contribution in [0.5, 0.6) is 0 Å². The summed E-state index contributed by atoms with van der Waals surface area (Å²) in [5, 5.41) is 11.3. The summed E-state index contributed by atoms with van der Waals surface area (Å²) in [6.07, 6.45) is 4.43. The molecule has 2 heterocycles. The van der Waals surface area contributed by atoms with Crippen LogP contribution in [0.1, 0.15) is 12.8 Å². The molecule has 0 aliphatic carbocycles. The number of carbonyl (C=O) groups is 2. The van der Waals surface area contributed by atoms with Gasteiger partial charge in [-0.2, -0.15) is 0 Å². The number of rotatable bonds is 4. The Kier molecular flexibility index (Phi) is 4.89. The number of nitrogens with one attached hydrogen (secondary N) is 1. The number of pyridine rings is 1. The first-order valence-electron chi connectivity index (χ1n) is 6.44. The number of carbonyl (C=O) groups excluding carboxylic acids is 1. The van der Waals surface area contributed by atoms with Crippen LogP contribution in [0.4, 0.5) is 10.5 Å². The molecule has 0 bridgehead atoms. The maximum absolute atomic E-state index is 12.0. The maximum atomic E-state index is 12.0. The second-order valence-corrected chi connectivity index (χ2v) is 4.56. The molecule has 1 aromatic rings. The molecule has 0 aromatic carbocycles. The van der Waals surface area contributed by atoms with Crippen LogP contribution in [0.15, 0.2) is 24.5 Å². The first-order valence-corrected chi connectivity index (χ1v) is 6.44. The molecule has 20 heavy (non-hydrogen) atoms. The SMILES string of the molecule is O=C(O)COC1CCN(C(=O)Nc2cccnc2)CC1. The fraction of sp³-hybridized carbons (Fsp3) is 0.462. The topological polar surface area (TPSA) is 91.8 Å². The lowest BCUT2D eigenvalue weighted by molar-refractivity contribution is -0.145. The zero-order chi connectivity index (χ0) is 14.4. The number of urea groups is 1. The quantitative estimate of drug-likeness (QED) is 0.863. The molecule has 2 rings (SSSR count). The highest BCUT2D eigenvalue weighted by Crippen LogP contribution is 2.15. The first kappa shape index (κ1) is 14.3. The molecule has 1 aliphatic rings. The van der Waals surface area contributed by atoms with Gasteiger partial charge in [-0.1, -0.05) is 0 Å². The number of amides is 2. The predicted molar refractivity (Wildman–Crippen MR) is 71.4 cm³/mol. The number of hydrogen-bond acceptors (Lipinski definition) is 4. The third kappa shape index (κ3) is 4.20. The van der Waals surface area contributed by atoms with Gasteiger partial charge in [0.15, 0.2) is 0 Å². The van der Waals surface area contributed by atoms with E-state index in [0.717, 1.165) is 0 Å². The number of likely N-dealkylation sites (tertiary alicyclic amines) is 1. The van der Waals surface area contributed by atoms with Crippen molar-refractivity contribution in [3.63, 3.8) is 0 Å². The van der Waals surface area contributed by atoms with Crippen LogP contribution in [-0.4, -0.2) is 52.8 Å². The Balaban J connectivity index is 1.76. The number of piperidine rings is 1. The number of carboxylic acids is 1. The van der Waals surface area contributed by atoms with Gasteiger partial charge in [-0.25, -0.2) is 9.59 Å². The highest BCUT2D eigenvalue weighted by molar-refractivity contribution is 5.89. The minimum Gasteiger partial charge on any atom is -0.480 e. The Hall–Kier alpha value is -2.15. The first-order chi connectivity index (χ1) is 9.65. The molecule has 2 amide bonds. The molecule has 0 radical (unpaired) electrons. The molecule has 0 atom stereocenters. The van der Waals surface area contributed by atoms with Gasteiger partial charge in [0.2, 0.25) is 0 Å². The van der Waals surface area contributed by atoms with Crippen molar-refractivity contribution in [3.05, 3.63) is 24.5 Å². The summed E-state index contributed by atoms with van der Waals surface area (Å²) in [5.74, 6) is -0.971. The normalized spacial score (nSPS) is 15.9. The van der Waals surface area contributed by atoms with E-state index in [-0.39, 0.29) is 18.7 Å². The van der Waals surface area contributed by atoms with E-state index in [0.29, 0.717) is 31.6 Å². The average molecular weight is 279 g/mol. The number of anilines is 1. The van der Waals surface area contributed by atoms with Crippen molar-refractivity contribution in [1.82, 2.24) is 9.88 Å². The zero-order valence-corrected chi connectivity index (χ0v) is 11.0. The van der Waals surface area contributed by atoms with Gasteiger partial charge in [-0.05, 0) is 25.0 Å². The van der Waals surface area contributed by atoms with E-state index >= 15 is 0 Å². The van der Waals surface area contributed by atoms with Crippen LogP contribution < -0.4 is 5.32 Å². The van der Waals surface area contributed by atoms with Crippen LogP contribution >= 0.6 is 0 Å². The van der Waals surface area contributed by atoms with Gasteiger partial charge in [0.05, 0.1) is 18.0 Å². The fourth-order valence-electron chi connectivity index (χ4n) is 2.05.